The van der Waals surface area contributed by atoms with Gasteiger partial charge in [0.2, 0.25) is 5.91 Å². The maximum Gasteiger partial charge on any atom is 0.289 e. The second-order valence-electron chi connectivity index (χ2n) is 6.22. The van der Waals surface area contributed by atoms with E-state index in [2.05, 4.69) is 5.32 Å². The van der Waals surface area contributed by atoms with Crippen LogP contribution >= 0.6 is 0 Å². The fourth-order valence-corrected chi connectivity index (χ4v) is 2.59. The Bertz CT molecular complexity index is 934. The molecule has 150 valence electrons. The molecule has 0 saturated heterocycles. The largest absolute Gasteiger partial charge is 0.494 e. The summed E-state index contributed by atoms with van der Waals surface area (Å²) >= 11 is 0. The molecule has 0 atom stereocenters. The van der Waals surface area contributed by atoms with Crippen LogP contribution in [0.5, 0.6) is 17.2 Å². The molecule has 2 aromatic carbocycles. The van der Waals surface area contributed by atoms with E-state index in [0.29, 0.717) is 23.8 Å². The quantitative estimate of drug-likeness (QED) is 0.620. The topological polar surface area (TPSA) is 81.0 Å². The minimum absolute atomic E-state index is 0.0933. The Morgan fingerprint density at radius 1 is 0.966 bits per heavy atom. The Morgan fingerprint density at radius 3 is 2.17 bits per heavy atom. The first-order valence-electron chi connectivity index (χ1n) is 9.14. The van der Waals surface area contributed by atoms with E-state index in [0.717, 1.165) is 5.75 Å². The summed E-state index contributed by atoms with van der Waals surface area (Å²) in [5.41, 5.74) is 0.605. The normalized spacial score (nSPS) is 10.3. The Kier molecular flexibility index (Phi) is 6.52. The molecular formula is C22H22N2O5. The van der Waals surface area contributed by atoms with E-state index in [-0.39, 0.29) is 24.1 Å². The highest BCUT2D eigenvalue weighted by atomic mass is 16.5. The molecule has 3 aromatic rings. The molecule has 0 radical (unpaired) electrons. The lowest BCUT2D eigenvalue weighted by atomic mass is 10.3. The summed E-state index contributed by atoms with van der Waals surface area (Å²) in [5.74, 6) is 1.63. The number of anilines is 1. The average Bonchev–Trinajstić information content (AvgIpc) is 3.25. The van der Waals surface area contributed by atoms with Crippen LogP contribution in [0.2, 0.25) is 0 Å². The van der Waals surface area contributed by atoms with Crippen LogP contribution in [0.15, 0.2) is 71.3 Å². The molecule has 1 N–H and O–H groups in total. The van der Waals surface area contributed by atoms with Gasteiger partial charge in [-0.05, 0) is 67.6 Å². The van der Waals surface area contributed by atoms with Crippen molar-refractivity contribution in [3.8, 4) is 17.2 Å². The van der Waals surface area contributed by atoms with Crippen molar-refractivity contribution in [2.24, 2.45) is 0 Å². The first-order chi connectivity index (χ1) is 14.0. The zero-order valence-electron chi connectivity index (χ0n) is 16.3. The number of benzene rings is 2. The van der Waals surface area contributed by atoms with Gasteiger partial charge >= 0.3 is 0 Å². The number of rotatable bonds is 8. The standard InChI is InChI=1S/C22H22N2O5/c1-3-27-17-10-12-19(13-11-17)29-18-8-6-16(7-9-18)23-21(25)15-24(2)22(26)20-5-4-14-28-20/h4-14H,3,15H2,1-2H3,(H,23,25). The molecule has 7 nitrogen and oxygen atoms in total. The highest BCUT2D eigenvalue weighted by Crippen LogP contribution is 2.25. The Balaban J connectivity index is 1.51. The van der Waals surface area contributed by atoms with E-state index in [1.807, 2.05) is 31.2 Å². The predicted octanol–water partition coefficient (Wildman–Crippen LogP) is 4.18. The van der Waals surface area contributed by atoms with Gasteiger partial charge in [0.1, 0.15) is 17.2 Å². The predicted molar refractivity (Wildman–Crippen MR) is 108 cm³/mol. The number of furan rings is 1. The van der Waals surface area contributed by atoms with Crippen molar-refractivity contribution < 1.29 is 23.5 Å². The van der Waals surface area contributed by atoms with E-state index >= 15 is 0 Å². The van der Waals surface area contributed by atoms with Gasteiger partial charge < -0.3 is 24.1 Å². The van der Waals surface area contributed by atoms with E-state index in [1.165, 1.54) is 18.2 Å². The van der Waals surface area contributed by atoms with Gasteiger partial charge in [-0.25, -0.2) is 0 Å². The van der Waals surface area contributed by atoms with Crippen LogP contribution in [0.3, 0.4) is 0 Å². The number of ether oxygens (including phenoxy) is 2. The highest BCUT2D eigenvalue weighted by molar-refractivity contribution is 5.97. The number of carbonyl (C=O) groups is 2. The van der Waals surface area contributed by atoms with Gasteiger partial charge in [0.25, 0.3) is 5.91 Å². The second kappa shape index (κ2) is 9.45. The maximum atomic E-state index is 12.2. The van der Waals surface area contributed by atoms with Crippen LogP contribution in [0.1, 0.15) is 17.5 Å². The van der Waals surface area contributed by atoms with Crippen LogP contribution in [0, 0.1) is 0 Å². The lowest BCUT2D eigenvalue weighted by molar-refractivity contribution is -0.116. The zero-order chi connectivity index (χ0) is 20.6. The number of likely N-dealkylation sites (N-methyl/N-ethyl adjacent to an activating group) is 1. The van der Waals surface area contributed by atoms with Crippen LogP contribution in [-0.2, 0) is 4.79 Å². The van der Waals surface area contributed by atoms with Gasteiger partial charge in [-0.1, -0.05) is 0 Å². The lowest BCUT2D eigenvalue weighted by Crippen LogP contribution is -2.34. The molecule has 0 aliphatic carbocycles. The summed E-state index contributed by atoms with van der Waals surface area (Å²) < 4.78 is 16.2. The molecule has 0 saturated carbocycles. The van der Waals surface area contributed by atoms with Crippen molar-refractivity contribution >= 4 is 17.5 Å². The summed E-state index contributed by atoms with van der Waals surface area (Å²) in [5, 5.41) is 2.75. The molecule has 7 heteroatoms. The van der Waals surface area contributed by atoms with E-state index in [4.69, 9.17) is 13.9 Å². The van der Waals surface area contributed by atoms with Crippen LogP contribution in [0.4, 0.5) is 5.69 Å². The van der Waals surface area contributed by atoms with E-state index in [1.54, 1.807) is 36.4 Å². The maximum absolute atomic E-state index is 12.2. The van der Waals surface area contributed by atoms with E-state index < -0.39 is 0 Å². The summed E-state index contributed by atoms with van der Waals surface area (Å²) in [6, 6.07) is 17.5. The molecule has 0 aliphatic rings. The first-order valence-corrected chi connectivity index (χ1v) is 9.14. The third-order valence-electron chi connectivity index (χ3n) is 3.97. The SMILES string of the molecule is CCOc1ccc(Oc2ccc(NC(=O)CN(C)C(=O)c3ccco3)cc2)cc1. The van der Waals surface area contributed by atoms with Gasteiger partial charge in [-0.2, -0.15) is 0 Å². The molecule has 2 amide bonds. The minimum atomic E-state index is -0.357. The first kappa shape index (κ1) is 20.0. The van der Waals surface area contributed by atoms with Crippen molar-refractivity contribution in [2.75, 3.05) is 25.5 Å². The number of amides is 2. The molecule has 0 aliphatic heterocycles. The number of nitrogens with zero attached hydrogens (tertiary/aromatic N) is 1. The van der Waals surface area contributed by atoms with Crippen molar-refractivity contribution in [3.63, 3.8) is 0 Å². The summed E-state index contributed by atoms with van der Waals surface area (Å²) in [4.78, 5) is 25.6. The van der Waals surface area contributed by atoms with Crippen LogP contribution < -0.4 is 14.8 Å². The van der Waals surface area contributed by atoms with Gasteiger partial charge in [-0.15, -0.1) is 0 Å². The summed E-state index contributed by atoms with van der Waals surface area (Å²) in [7, 11) is 1.54. The van der Waals surface area contributed by atoms with Crippen molar-refractivity contribution in [3.05, 3.63) is 72.7 Å². The van der Waals surface area contributed by atoms with Gasteiger partial charge in [0.15, 0.2) is 5.76 Å². The molecule has 0 spiro atoms. The van der Waals surface area contributed by atoms with Crippen LogP contribution in [0.25, 0.3) is 0 Å². The van der Waals surface area contributed by atoms with Gasteiger partial charge in [0, 0.05) is 12.7 Å². The molecule has 1 aromatic heterocycles. The Hall–Kier alpha value is -3.74. The van der Waals surface area contributed by atoms with Crippen molar-refractivity contribution in [1.29, 1.82) is 0 Å². The smallest absolute Gasteiger partial charge is 0.289 e. The summed E-state index contributed by atoms with van der Waals surface area (Å²) in [6.45, 7) is 2.45. The molecular weight excluding hydrogens is 372 g/mol. The Labute approximate surface area is 168 Å². The minimum Gasteiger partial charge on any atom is -0.494 e. The molecule has 0 bridgehead atoms. The van der Waals surface area contributed by atoms with Crippen molar-refractivity contribution in [1.82, 2.24) is 4.90 Å². The zero-order valence-corrected chi connectivity index (χ0v) is 16.3. The monoisotopic (exact) mass is 394 g/mol. The molecule has 0 unspecified atom stereocenters. The summed E-state index contributed by atoms with van der Waals surface area (Å²) in [6.07, 6.45) is 1.41. The fourth-order valence-electron chi connectivity index (χ4n) is 2.59. The van der Waals surface area contributed by atoms with Crippen LogP contribution in [-0.4, -0.2) is 36.9 Å². The molecule has 29 heavy (non-hydrogen) atoms. The third-order valence-corrected chi connectivity index (χ3v) is 3.97. The van der Waals surface area contributed by atoms with Gasteiger partial charge in [0.05, 0.1) is 19.4 Å². The number of nitrogens with one attached hydrogen (secondary N) is 1. The molecule has 0 fully saturated rings. The van der Waals surface area contributed by atoms with E-state index in [9.17, 15) is 9.59 Å². The number of carbonyl (C=O) groups excluding carboxylic acids is 2. The second-order valence-corrected chi connectivity index (χ2v) is 6.22. The number of hydrogen-bond donors (Lipinski definition) is 1. The number of hydrogen-bond acceptors (Lipinski definition) is 5. The fraction of sp³-hybridized carbons (Fsp3) is 0.182. The molecule has 1 heterocycles. The average molecular weight is 394 g/mol. The lowest BCUT2D eigenvalue weighted by Gasteiger charge is -2.15. The Morgan fingerprint density at radius 2 is 1.59 bits per heavy atom. The van der Waals surface area contributed by atoms with Gasteiger partial charge in [-0.3, -0.25) is 9.59 Å². The highest BCUT2D eigenvalue weighted by Gasteiger charge is 2.17. The van der Waals surface area contributed by atoms with Crippen molar-refractivity contribution in [2.45, 2.75) is 6.92 Å². The molecule has 3 rings (SSSR count). The third kappa shape index (κ3) is 5.62.